The summed E-state index contributed by atoms with van der Waals surface area (Å²) in [7, 11) is 3.50. The van der Waals surface area contributed by atoms with Crippen LogP contribution >= 0.6 is 0 Å². The van der Waals surface area contributed by atoms with Crippen molar-refractivity contribution in [3.8, 4) is 22.9 Å². The summed E-state index contributed by atoms with van der Waals surface area (Å²) in [5, 5.41) is 19.4. The van der Waals surface area contributed by atoms with E-state index < -0.39 is 5.82 Å². The molecule has 0 aliphatic carbocycles. The van der Waals surface area contributed by atoms with Crippen molar-refractivity contribution in [2.75, 3.05) is 19.3 Å². The molecule has 156 valence electrons. The van der Waals surface area contributed by atoms with Crippen LogP contribution in [0.15, 0.2) is 24.9 Å². The first-order chi connectivity index (χ1) is 14.4. The molecule has 0 saturated heterocycles. The monoisotopic (exact) mass is 410 g/mol. The minimum Gasteiger partial charge on any atom is -0.399 e. The zero-order chi connectivity index (χ0) is 21.4. The van der Waals surface area contributed by atoms with E-state index in [0.29, 0.717) is 17.1 Å². The third kappa shape index (κ3) is 3.28. The van der Waals surface area contributed by atoms with Gasteiger partial charge in [-0.2, -0.15) is 15.3 Å². The van der Waals surface area contributed by atoms with Gasteiger partial charge in [0.05, 0.1) is 11.7 Å². The zero-order valence-corrected chi connectivity index (χ0v) is 16.8. The van der Waals surface area contributed by atoms with E-state index in [-0.39, 0.29) is 17.3 Å². The second-order valence-electron chi connectivity index (χ2n) is 6.99. The number of rotatable bonds is 7. The van der Waals surface area contributed by atoms with Crippen LogP contribution in [-0.2, 0) is 13.6 Å². The second kappa shape index (κ2) is 7.59. The van der Waals surface area contributed by atoms with Gasteiger partial charge in [0.15, 0.2) is 23.3 Å². The standard InChI is InChI=1S/C19H23FN10/c1-10(21)11-7-12(13-9-24-30(14(13)8-11)6-4-5-23-2)18-25-19(27-26-18)16-15(20)17(22)28-29(16)3/h7-9,23H,1,4-6,21H2,2-3H3,(H2,22,28)(H,25,26,27). The average molecular weight is 410 g/mol. The van der Waals surface area contributed by atoms with Crippen molar-refractivity contribution < 1.29 is 4.39 Å². The molecule has 0 fully saturated rings. The van der Waals surface area contributed by atoms with Crippen LogP contribution < -0.4 is 16.8 Å². The van der Waals surface area contributed by atoms with Gasteiger partial charge in [0.25, 0.3) is 0 Å². The molecule has 6 N–H and O–H groups in total. The van der Waals surface area contributed by atoms with Gasteiger partial charge in [0.2, 0.25) is 0 Å². The van der Waals surface area contributed by atoms with E-state index in [1.165, 1.54) is 4.68 Å². The lowest BCUT2D eigenvalue weighted by atomic mass is 10.0. The second-order valence-corrected chi connectivity index (χ2v) is 6.99. The molecule has 3 aromatic heterocycles. The first-order valence-corrected chi connectivity index (χ1v) is 9.40. The Labute approximate surface area is 171 Å². The number of nitrogens with two attached hydrogens (primary N) is 2. The summed E-state index contributed by atoms with van der Waals surface area (Å²) in [5.41, 5.74) is 14.4. The number of nitrogen functional groups attached to an aromatic ring is 1. The molecule has 30 heavy (non-hydrogen) atoms. The molecule has 11 heteroatoms. The van der Waals surface area contributed by atoms with Crippen LogP contribution in [0.3, 0.4) is 0 Å². The van der Waals surface area contributed by atoms with Gasteiger partial charge in [-0.25, -0.2) is 9.37 Å². The van der Waals surface area contributed by atoms with Crippen molar-refractivity contribution >= 4 is 22.4 Å². The maximum absolute atomic E-state index is 14.4. The number of aryl methyl sites for hydroxylation is 2. The first kappa shape index (κ1) is 19.6. The number of benzene rings is 1. The molecule has 0 amide bonds. The lowest BCUT2D eigenvalue weighted by Gasteiger charge is -2.08. The fourth-order valence-corrected chi connectivity index (χ4v) is 3.40. The number of nitrogens with zero attached hydrogens (tertiary/aromatic N) is 6. The molecule has 0 aliphatic heterocycles. The summed E-state index contributed by atoms with van der Waals surface area (Å²) in [4.78, 5) is 4.48. The van der Waals surface area contributed by atoms with Crippen LogP contribution in [0, 0.1) is 5.82 Å². The van der Waals surface area contributed by atoms with E-state index in [4.69, 9.17) is 11.5 Å². The van der Waals surface area contributed by atoms with E-state index in [1.54, 1.807) is 13.2 Å². The minimum atomic E-state index is -0.646. The van der Waals surface area contributed by atoms with Crippen molar-refractivity contribution in [2.24, 2.45) is 12.8 Å². The van der Waals surface area contributed by atoms with Crippen LogP contribution in [0.1, 0.15) is 12.0 Å². The van der Waals surface area contributed by atoms with Crippen LogP contribution in [0.4, 0.5) is 10.2 Å². The predicted octanol–water partition coefficient (Wildman–Crippen LogP) is 1.48. The van der Waals surface area contributed by atoms with E-state index in [2.05, 4.69) is 37.3 Å². The maximum Gasteiger partial charge on any atom is 0.196 e. The highest BCUT2D eigenvalue weighted by molar-refractivity contribution is 5.95. The van der Waals surface area contributed by atoms with Crippen LogP contribution in [0.25, 0.3) is 39.5 Å². The highest BCUT2D eigenvalue weighted by atomic mass is 19.1. The highest BCUT2D eigenvalue weighted by Gasteiger charge is 2.21. The fourth-order valence-electron chi connectivity index (χ4n) is 3.40. The van der Waals surface area contributed by atoms with Gasteiger partial charge < -0.3 is 16.8 Å². The van der Waals surface area contributed by atoms with Gasteiger partial charge in [-0.3, -0.25) is 14.5 Å². The Kier molecular flexibility index (Phi) is 4.96. The van der Waals surface area contributed by atoms with Gasteiger partial charge in [-0.05, 0) is 37.7 Å². The minimum absolute atomic E-state index is 0.129. The van der Waals surface area contributed by atoms with Crippen molar-refractivity contribution in [1.29, 1.82) is 0 Å². The van der Waals surface area contributed by atoms with E-state index in [9.17, 15) is 4.39 Å². The van der Waals surface area contributed by atoms with Crippen molar-refractivity contribution in [2.45, 2.75) is 13.0 Å². The largest absolute Gasteiger partial charge is 0.399 e. The summed E-state index contributed by atoms with van der Waals surface area (Å²) >= 11 is 0. The van der Waals surface area contributed by atoms with Gasteiger partial charge in [0, 0.05) is 30.2 Å². The van der Waals surface area contributed by atoms with Crippen LogP contribution in [-0.4, -0.2) is 48.3 Å². The summed E-state index contributed by atoms with van der Waals surface area (Å²) < 4.78 is 17.6. The molecule has 4 aromatic rings. The Morgan fingerprint density at radius 1 is 1.37 bits per heavy atom. The molecule has 0 radical (unpaired) electrons. The number of anilines is 1. The number of aromatic nitrogens is 7. The molecule has 3 heterocycles. The van der Waals surface area contributed by atoms with E-state index in [1.807, 2.05) is 23.9 Å². The molecule has 4 rings (SSSR count). The Bertz CT molecular complexity index is 1230. The summed E-state index contributed by atoms with van der Waals surface area (Å²) in [6.45, 7) is 5.46. The number of hydrogen-bond donors (Lipinski definition) is 4. The third-order valence-electron chi connectivity index (χ3n) is 4.89. The topological polar surface area (TPSA) is 141 Å². The third-order valence-corrected chi connectivity index (χ3v) is 4.89. The van der Waals surface area contributed by atoms with E-state index >= 15 is 0 Å². The predicted molar refractivity (Wildman–Crippen MR) is 113 cm³/mol. The lowest BCUT2D eigenvalue weighted by molar-refractivity contribution is 0.577. The molecule has 0 bridgehead atoms. The van der Waals surface area contributed by atoms with Gasteiger partial charge >= 0.3 is 0 Å². The van der Waals surface area contributed by atoms with Crippen LogP contribution in [0.5, 0.6) is 0 Å². The number of halogens is 1. The summed E-state index contributed by atoms with van der Waals surface area (Å²) in [6, 6.07) is 3.80. The SMILES string of the molecule is C=C(N)c1cc(-c2n[nH]c(-c3c(F)c(N)nn3C)n2)c2cnn(CCCNC)c2c1. The van der Waals surface area contributed by atoms with Gasteiger partial charge in [-0.15, -0.1) is 0 Å². The van der Waals surface area contributed by atoms with Crippen molar-refractivity contribution in [1.82, 2.24) is 40.1 Å². The van der Waals surface area contributed by atoms with Crippen molar-refractivity contribution in [3.05, 3.63) is 36.3 Å². The number of H-pyrrole nitrogens is 1. The average Bonchev–Trinajstić information content (AvgIpc) is 3.40. The Morgan fingerprint density at radius 3 is 2.83 bits per heavy atom. The molecule has 0 unspecified atom stereocenters. The molecular formula is C19H23FN10. The lowest BCUT2D eigenvalue weighted by Crippen LogP contribution is -2.11. The number of aromatic amines is 1. The molecular weight excluding hydrogens is 387 g/mol. The zero-order valence-electron chi connectivity index (χ0n) is 16.8. The van der Waals surface area contributed by atoms with E-state index in [0.717, 1.165) is 36.0 Å². The molecule has 0 atom stereocenters. The quantitative estimate of drug-likeness (QED) is 0.338. The number of nitrogens with one attached hydrogen (secondary N) is 2. The smallest absolute Gasteiger partial charge is 0.196 e. The van der Waals surface area contributed by atoms with Gasteiger partial charge in [-0.1, -0.05) is 6.58 Å². The fraction of sp³-hybridized carbons (Fsp3) is 0.263. The first-order valence-electron chi connectivity index (χ1n) is 9.40. The number of fused-ring (bicyclic) bond motifs is 1. The van der Waals surface area contributed by atoms with Crippen molar-refractivity contribution in [3.63, 3.8) is 0 Å². The highest BCUT2D eigenvalue weighted by Crippen LogP contribution is 2.31. The molecule has 0 saturated carbocycles. The summed E-state index contributed by atoms with van der Waals surface area (Å²) in [5.74, 6) is -0.239. The molecule has 0 aliphatic rings. The Hall–Kier alpha value is -3.73. The molecule has 0 spiro atoms. The summed E-state index contributed by atoms with van der Waals surface area (Å²) in [6.07, 6.45) is 2.69. The van der Waals surface area contributed by atoms with Crippen LogP contribution in [0.2, 0.25) is 0 Å². The Morgan fingerprint density at radius 2 is 2.17 bits per heavy atom. The normalized spacial score (nSPS) is 11.4. The molecule has 10 nitrogen and oxygen atoms in total. The van der Waals surface area contributed by atoms with Gasteiger partial charge in [0.1, 0.15) is 5.69 Å². The Balaban J connectivity index is 1.82. The maximum atomic E-state index is 14.4. The molecule has 1 aromatic carbocycles. The number of hydrogen-bond acceptors (Lipinski definition) is 7.